The summed E-state index contributed by atoms with van der Waals surface area (Å²) >= 11 is 0. The third-order valence-electron chi connectivity index (χ3n) is 5.94. The molecular weight excluding hydrogens is 262 g/mol. The van der Waals surface area contributed by atoms with Crippen molar-refractivity contribution >= 4 is 5.91 Å². The minimum Gasteiger partial charge on any atom is -0.368 e. The zero-order valence-electron chi connectivity index (χ0n) is 14.0. The van der Waals surface area contributed by atoms with E-state index in [0.29, 0.717) is 6.04 Å². The van der Waals surface area contributed by atoms with E-state index in [4.69, 9.17) is 5.73 Å². The quantitative estimate of drug-likeness (QED) is 0.835. The molecule has 2 aliphatic rings. The van der Waals surface area contributed by atoms with E-state index in [-0.39, 0.29) is 5.91 Å². The second-order valence-corrected chi connectivity index (χ2v) is 7.42. The predicted molar refractivity (Wildman–Crippen MR) is 87.0 cm³/mol. The average molecular weight is 295 g/mol. The van der Waals surface area contributed by atoms with Crippen LogP contribution in [-0.2, 0) is 4.79 Å². The smallest absolute Gasteiger partial charge is 0.237 e. The Morgan fingerprint density at radius 2 is 2.00 bits per heavy atom. The van der Waals surface area contributed by atoms with Gasteiger partial charge in [0, 0.05) is 6.04 Å². The number of likely N-dealkylation sites (N-methyl/N-ethyl adjacent to an activating group) is 1. The number of amides is 1. The highest BCUT2D eigenvalue weighted by Gasteiger charge is 2.41. The molecule has 1 amide bonds. The fourth-order valence-electron chi connectivity index (χ4n) is 4.31. The van der Waals surface area contributed by atoms with Crippen LogP contribution in [-0.4, -0.2) is 42.5 Å². The number of nitrogens with two attached hydrogens (primary N) is 1. The van der Waals surface area contributed by atoms with E-state index < -0.39 is 5.54 Å². The van der Waals surface area contributed by atoms with Crippen LogP contribution in [0.2, 0.25) is 0 Å². The predicted octanol–water partition coefficient (Wildman–Crippen LogP) is 2.13. The molecule has 3 atom stereocenters. The van der Waals surface area contributed by atoms with Crippen molar-refractivity contribution in [2.45, 2.75) is 70.4 Å². The van der Waals surface area contributed by atoms with Crippen molar-refractivity contribution in [2.24, 2.45) is 17.6 Å². The Labute approximate surface area is 129 Å². The molecule has 2 rings (SSSR count). The van der Waals surface area contributed by atoms with Gasteiger partial charge in [0.1, 0.15) is 0 Å². The second kappa shape index (κ2) is 7.10. The van der Waals surface area contributed by atoms with Gasteiger partial charge in [-0.05, 0) is 76.9 Å². The van der Waals surface area contributed by atoms with Gasteiger partial charge in [0.15, 0.2) is 0 Å². The minimum atomic E-state index is -0.479. The first kappa shape index (κ1) is 16.8. The lowest BCUT2D eigenvalue weighted by Crippen LogP contribution is -2.59. The van der Waals surface area contributed by atoms with E-state index >= 15 is 0 Å². The van der Waals surface area contributed by atoms with Crippen molar-refractivity contribution in [3.63, 3.8) is 0 Å². The standard InChI is InChI=1S/C17H33N3O/c1-13(2)14-6-5-10-20(11-8-14)15-7-4-9-17(12-15,19-3)16(18)21/h13-15,19H,4-12H2,1-3H3,(H2,18,21). The molecule has 2 fully saturated rings. The van der Waals surface area contributed by atoms with Gasteiger partial charge in [-0.25, -0.2) is 0 Å². The van der Waals surface area contributed by atoms with Crippen LogP contribution in [0.25, 0.3) is 0 Å². The van der Waals surface area contributed by atoms with Gasteiger partial charge in [0.2, 0.25) is 5.91 Å². The molecule has 3 unspecified atom stereocenters. The van der Waals surface area contributed by atoms with Gasteiger partial charge in [-0.1, -0.05) is 13.8 Å². The molecule has 0 aromatic heterocycles. The SMILES string of the molecule is CNC1(C(N)=O)CCCC(N2CCCC(C(C)C)CC2)C1. The van der Waals surface area contributed by atoms with Crippen molar-refractivity contribution in [1.29, 1.82) is 0 Å². The summed E-state index contributed by atoms with van der Waals surface area (Å²) in [5.74, 6) is 1.48. The molecule has 0 radical (unpaired) electrons. The highest BCUT2D eigenvalue weighted by Crippen LogP contribution is 2.33. The molecule has 4 heteroatoms. The Bertz CT molecular complexity index is 358. The molecule has 1 saturated heterocycles. The van der Waals surface area contributed by atoms with E-state index in [1.165, 1.54) is 38.8 Å². The van der Waals surface area contributed by atoms with Crippen LogP contribution in [0.4, 0.5) is 0 Å². The van der Waals surface area contributed by atoms with Crippen LogP contribution in [0.3, 0.4) is 0 Å². The summed E-state index contributed by atoms with van der Waals surface area (Å²) < 4.78 is 0. The Kier molecular flexibility index (Phi) is 5.67. The van der Waals surface area contributed by atoms with Gasteiger partial charge in [0.25, 0.3) is 0 Å². The van der Waals surface area contributed by atoms with Crippen LogP contribution in [0, 0.1) is 11.8 Å². The number of carbonyl (C=O) groups excluding carboxylic acids is 1. The van der Waals surface area contributed by atoms with Crippen LogP contribution < -0.4 is 11.1 Å². The average Bonchev–Trinajstić information content (AvgIpc) is 2.73. The van der Waals surface area contributed by atoms with Gasteiger partial charge in [-0.15, -0.1) is 0 Å². The third kappa shape index (κ3) is 3.78. The van der Waals surface area contributed by atoms with Crippen molar-refractivity contribution in [3.8, 4) is 0 Å². The highest BCUT2D eigenvalue weighted by molar-refractivity contribution is 5.84. The number of hydrogen-bond donors (Lipinski definition) is 2. The first-order chi connectivity index (χ1) is 9.98. The molecular formula is C17H33N3O. The fourth-order valence-corrected chi connectivity index (χ4v) is 4.31. The molecule has 1 saturated carbocycles. The first-order valence-corrected chi connectivity index (χ1v) is 8.71. The topological polar surface area (TPSA) is 58.4 Å². The molecule has 4 nitrogen and oxygen atoms in total. The summed E-state index contributed by atoms with van der Waals surface area (Å²) in [5.41, 5.74) is 5.20. The Morgan fingerprint density at radius 1 is 1.24 bits per heavy atom. The summed E-state index contributed by atoms with van der Waals surface area (Å²) in [6, 6.07) is 0.518. The molecule has 0 bridgehead atoms. The van der Waals surface area contributed by atoms with Gasteiger partial charge in [0.05, 0.1) is 5.54 Å². The number of nitrogens with zero attached hydrogens (tertiary/aromatic N) is 1. The third-order valence-corrected chi connectivity index (χ3v) is 5.94. The van der Waals surface area contributed by atoms with Crippen LogP contribution in [0.5, 0.6) is 0 Å². The monoisotopic (exact) mass is 295 g/mol. The lowest BCUT2D eigenvalue weighted by Gasteiger charge is -2.42. The van der Waals surface area contributed by atoms with Crippen LogP contribution in [0.1, 0.15) is 58.8 Å². The van der Waals surface area contributed by atoms with Crippen molar-refractivity contribution in [1.82, 2.24) is 10.2 Å². The summed E-state index contributed by atoms with van der Waals surface area (Å²) in [6.45, 7) is 7.07. The number of carbonyl (C=O) groups is 1. The fraction of sp³-hybridized carbons (Fsp3) is 0.941. The van der Waals surface area contributed by atoms with Gasteiger partial charge >= 0.3 is 0 Å². The minimum absolute atomic E-state index is 0.176. The lowest BCUT2D eigenvalue weighted by molar-refractivity contribution is -0.126. The Balaban J connectivity index is 1.99. The first-order valence-electron chi connectivity index (χ1n) is 8.71. The molecule has 0 spiro atoms. The lowest BCUT2D eigenvalue weighted by atomic mass is 9.78. The summed E-state index contributed by atoms with van der Waals surface area (Å²) in [5, 5.41) is 3.23. The maximum atomic E-state index is 11.9. The molecule has 0 aromatic rings. The molecule has 0 aromatic carbocycles. The van der Waals surface area contributed by atoms with E-state index in [1.807, 2.05) is 7.05 Å². The van der Waals surface area contributed by atoms with Gasteiger partial charge < -0.3 is 16.0 Å². The highest BCUT2D eigenvalue weighted by atomic mass is 16.1. The number of hydrogen-bond acceptors (Lipinski definition) is 3. The normalized spacial score (nSPS) is 35.6. The van der Waals surface area contributed by atoms with E-state index in [2.05, 4.69) is 24.1 Å². The van der Waals surface area contributed by atoms with Crippen molar-refractivity contribution in [3.05, 3.63) is 0 Å². The van der Waals surface area contributed by atoms with Crippen molar-refractivity contribution < 1.29 is 4.79 Å². The number of primary amides is 1. The van der Waals surface area contributed by atoms with Gasteiger partial charge in [-0.3, -0.25) is 4.79 Å². The number of likely N-dealkylation sites (tertiary alicyclic amines) is 1. The molecule has 1 aliphatic carbocycles. The van der Waals surface area contributed by atoms with Gasteiger partial charge in [-0.2, -0.15) is 0 Å². The number of rotatable bonds is 4. The van der Waals surface area contributed by atoms with Crippen LogP contribution in [0.15, 0.2) is 0 Å². The molecule has 122 valence electrons. The second-order valence-electron chi connectivity index (χ2n) is 7.42. The zero-order valence-corrected chi connectivity index (χ0v) is 14.0. The molecule has 21 heavy (non-hydrogen) atoms. The van der Waals surface area contributed by atoms with E-state index in [0.717, 1.165) is 31.1 Å². The maximum Gasteiger partial charge on any atom is 0.237 e. The van der Waals surface area contributed by atoms with Crippen LogP contribution >= 0.6 is 0 Å². The molecule has 3 N–H and O–H groups in total. The van der Waals surface area contributed by atoms with E-state index in [9.17, 15) is 4.79 Å². The van der Waals surface area contributed by atoms with Crippen molar-refractivity contribution in [2.75, 3.05) is 20.1 Å². The summed E-state index contributed by atoms with van der Waals surface area (Å²) in [4.78, 5) is 14.5. The summed E-state index contributed by atoms with van der Waals surface area (Å²) in [6.07, 6.45) is 8.03. The van der Waals surface area contributed by atoms with E-state index in [1.54, 1.807) is 0 Å². The largest absolute Gasteiger partial charge is 0.368 e. The number of nitrogens with one attached hydrogen (secondary N) is 1. The Morgan fingerprint density at radius 3 is 2.62 bits per heavy atom. The molecule has 1 heterocycles. The zero-order chi connectivity index (χ0) is 15.5. The maximum absolute atomic E-state index is 11.9. The Hall–Kier alpha value is -0.610. The summed E-state index contributed by atoms with van der Waals surface area (Å²) in [7, 11) is 1.88. The molecule has 1 aliphatic heterocycles.